The molecule has 0 spiro atoms. The Labute approximate surface area is 186 Å². The third kappa shape index (κ3) is 3.94. The lowest BCUT2D eigenvalue weighted by atomic mass is 10.0. The standard InChI is InChI=1S/C28H21N3O/c32-28(29-25-19-11-10-18-24(25)21-12-4-1-5-13-21)27-20-26(22-14-6-2-7-15-22)30-31(27)23-16-8-3-9-17-23/h1-20H,(H,29,32). The molecule has 0 saturated heterocycles. The van der Waals surface area contributed by atoms with Crippen LogP contribution in [-0.2, 0) is 0 Å². The van der Waals surface area contributed by atoms with Gasteiger partial charge in [0, 0.05) is 16.8 Å². The first kappa shape index (κ1) is 19.5. The molecule has 0 unspecified atom stereocenters. The molecule has 0 aliphatic carbocycles. The monoisotopic (exact) mass is 415 g/mol. The van der Waals surface area contributed by atoms with Crippen LogP contribution in [-0.4, -0.2) is 15.7 Å². The fourth-order valence-corrected chi connectivity index (χ4v) is 3.71. The zero-order valence-electron chi connectivity index (χ0n) is 17.3. The lowest BCUT2D eigenvalue weighted by Gasteiger charge is -2.12. The maximum atomic E-state index is 13.5. The van der Waals surface area contributed by atoms with E-state index in [1.54, 1.807) is 4.68 Å². The number of carbonyl (C=O) groups is 1. The van der Waals surface area contributed by atoms with Gasteiger partial charge in [-0.1, -0.05) is 97.1 Å². The SMILES string of the molecule is O=C(Nc1ccccc1-c1ccccc1)c1cc(-c2ccccc2)nn1-c1ccccc1. The van der Waals surface area contributed by atoms with Crippen molar-refractivity contribution in [3.63, 3.8) is 0 Å². The summed E-state index contributed by atoms with van der Waals surface area (Å²) in [6, 6.07) is 39.3. The van der Waals surface area contributed by atoms with Crippen LogP contribution in [0.2, 0.25) is 0 Å². The lowest BCUT2D eigenvalue weighted by Crippen LogP contribution is -2.17. The van der Waals surface area contributed by atoms with E-state index in [0.717, 1.165) is 33.8 Å². The molecule has 0 aliphatic rings. The third-order valence-corrected chi connectivity index (χ3v) is 5.27. The van der Waals surface area contributed by atoms with E-state index in [2.05, 4.69) is 5.32 Å². The number of anilines is 1. The van der Waals surface area contributed by atoms with Gasteiger partial charge in [-0.25, -0.2) is 4.68 Å². The predicted molar refractivity (Wildman–Crippen MR) is 129 cm³/mol. The third-order valence-electron chi connectivity index (χ3n) is 5.27. The molecule has 5 aromatic rings. The Balaban J connectivity index is 1.55. The highest BCUT2D eigenvalue weighted by Gasteiger charge is 2.19. The lowest BCUT2D eigenvalue weighted by molar-refractivity contribution is 0.101. The maximum absolute atomic E-state index is 13.5. The predicted octanol–water partition coefficient (Wildman–Crippen LogP) is 6.46. The second kappa shape index (κ2) is 8.74. The average Bonchev–Trinajstić information content (AvgIpc) is 3.32. The van der Waals surface area contributed by atoms with Crippen LogP contribution in [0.1, 0.15) is 10.5 Å². The molecule has 4 nitrogen and oxygen atoms in total. The van der Waals surface area contributed by atoms with Crippen LogP contribution in [0, 0.1) is 0 Å². The first-order chi connectivity index (χ1) is 15.8. The van der Waals surface area contributed by atoms with Crippen molar-refractivity contribution in [3.8, 4) is 28.1 Å². The summed E-state index contributed by atoms with van der Waals surface area (Å²) in [6.45, 7) is 0. The Morgan fingerprint density at radius 1 is 0.656 bits per heavy atom. The number of rotatable bonds is 5. The number of hydrogen-bond donors (Lipinski definition) is 1. The molecule has 1 heterocycles. The van der Waals surface area contributed by atoms with Crippen LogP contribution in [0.4, 0.5) is 5.69 Å². The van der Waals surface area contributed by atoms with Gasteiger partial charge >= 0.3 is 0 Å². The van der Waals surface area contributed by atoms with Gasteiger partial charge in [-0.3, -0.25) is 4.79 Å². The van der Waals surface area contributed by atoms with Crippen LogP contribution < -0.4 is 5.32 Å². The second-order valence-electron chi connectivity index (χ2n) is 7.39. The van der Waals surface area contributed by atoms with E-state index in [0.29, 0.717) is 5.69 Å². The number of nitrogens with zero attached hydrogens (tertiary/aromatic N) is 2. The Morgan fingerprint density at radius 2 is 1.22 bits per heavy atom. The highest BCUT2D eigenvalue weighted by Crippen LogP contribution is 2.29. The molecule has 1 amide bonds. The van der Waals surface area contributed by atoms with E-state index in [4.69, 9.17) is 5.10 Å². The average molecular weight is 415 g/mol. The number of amides is 1. The summed E-state index contributed by atoms with van der Waals surface area (Å²) < 4.78 is 1.70. The van der Waals surface area contributed by atoms with Crippen molar-refractivity contribution < 1.29 is 4.79 Å². The minimum absolute atomic E-state index is 0.216. The zero-order valence-corrected chi connectivity index (χ0v) is 17.3. The molecule has 1 aromatic heterocycles. The molecule has 154 valence electrons. The fraction of sp³-hybridized carbons (Fsp3) is 0. The van der Waals surface area contributed by atoms with Gasteiger partial charge in [0.2, 0.25) is 0 Å². The van der Waals surface area contributed by atoms with Crippen molar-refractivity contribution in [2.24, 2.45) is 0 Å². The zero-order chi connectivity index (χ0) is 21.8. The van der Waals surface area contributed by atoms with Crippen LogP contribution in [0.3, 0.4) is 0 Å². The van der Waals surface area contributed by atoms with Crippen molar-refractivity contribution >= 4 is 11.6 Å². The summed E-state index contributed by atoms with van der Waals surface area (Å²) in [6.07, 6.45) is 0. The largest absolute Gasteiger partial charge is 0.320 e. The molecule has 4 heteroatoms. The van der Waals surface area contributed by atoms with Gasteiger partial charge in [0.15, 0.2) is 0 Å². The highest BCUT2D eigenvalue weighted by atomic mass is 16.2. The van der Waals surface area contributed by atoms with Gasteiger partial charge < -0.3 is 5.32 Å². The summed E-state index contributed by atoms with van der Waals surface area (Å²) in [5.41, 5.74) is 5.78. The Bertz CT molecular complexity index is 1340. The molecule has 0 saturated carbocycles. The van der Waals surface area contributed by atoms with Gasteiger partial charge in [0.1, 0.15) is 5.69 Å². The van der Waals surface area contributed by atoms with E-state index in [-0.39, 0.29) is 5.91 Å². The summed E-state index contributed by atoms with van der Waals surface area (Å²) in [5, 5.41) is 7.85. The van der Waals surface area contributed by atoms with Crippen LogP contribution in [0.15, 0.2) is 121 Å². The minimum Gasteiger partial charge on any atom is -0.320 e. The van der Waals surface area contributed by atoms with Gasteiger partial charge in [-0.15, -0.1) is 0 Å². The van der Waals surface area contributed by atoms with Crippen molar-refractivity contribution in [1.82, 2.24) is 9.78 Å². The summed E-state index contributed by atoms with van der Waals surface area (Å²) >= 11 is 0. The van der Waals surface area contributed by atoms with E-state index >= 15 is 0 Å². The molecule has 0 fully saturated rings. The quantitative estimate of drug-likeness (QED) is 0.358. The Kier molecular flexibility index (Phi) is 5.33. The number of para-hydroxylation sites is 2. The first-order valence-corrected chi connectivity index (χ1v) is 10.5. The normalized spacial score (nSPS) is 10.6. The minimum atomic E-state index is -0.216. The van der Waals surface area contributed by atoms with Crippen molar-refractivity contribution in [2.45, 2.75) is 0 Å². The number of aromatic nitrogens is 2. The van der Waals surface area contributed by atoms with E-state index in [1.165, 1.54) is 0 Å². The van der Waals surface area contributed by atoms with Gasteiger partial charge in [0.25, 0.3) is 5.91 Å². The maximum Gasteiger partial charge on any atom is 0.274 e. The summed E-state index contributed by atoms with van der Waals surface area (Å²) in [5.74, 6) is -0.216. The molecule has 5 rings (SSSR count). The molecule has 32 heavy (non-hydrogen) atoms. The van der Waals surface area contributed by atoms with Crippen LogP contribution in [0.5, 0.6) is 0 Å². The number of nitrogens with one attached hydrogen (secondary N) is 1. The molecule has 0 radical (unpaired) electrons. The van der Waals surface area contributed by atoms with Crippen molar-refractivity contribution in [2.75, 3.05) is 5.32 Å². The Morgan fingerprint density at radius 3 is 1.91 bits per heavy atom. The van der Waals surface area contributed by atoms with Gasteiger partial charge in [-0.2, -0.15) is 5.10 Å². The fourth-order valence-electron chi connectivity index (χ4n) is 3.71. The summed E-state index contributed by atoms with van der Waals surface area (Å²) in [7, 11) is 0. The van der Waals surface area contributed by atoms with Crippen molar-refractivity contribution in [1.29, 1.82) is 0 Å². The number of benzene rings is 4. The molecular weight excluding hydrogens is 394 g/mol. The Hall–Kier alpha value is -4.44. The van der Waals surface area contributed by atoms with Crippen LogP contribution >= 0.6 is 0 Å². The number of hydrogen-bond acceptors (Lipinski definition) is 2. The van der Waals surface area contributed by atoms with E-state index in [9.17, 15) is 4.79 Å². The van der Waals surface area contributed by atoms with Crippen molar-refractivity contribution in [3.05, 3.63) is 127 Å². The number of carbonyl (C=O) groups excluding carboxylic acids is 1. The molecule has 4 aromatic carbocycles. The molecule has 0 atom stereocenters. The molecule has 1 N–H and O–H groups in total. The van der Waals surface area contributed by atoms with E-state index in [1.807, 2.05) is 121 Å². The molecule has 0 bridgehead atoms. The van der Waals surface area contributed by atoms with Gasteiger partial charge in [-0.05, 0) is 29.8 Å². The second-order valence-corrected chi connectivity index (χ2v) is 7.39. The van der Waals surface area contributed by atoms with Crippen LogP contribution in [0.25, 0.3) is 28.1 Å². The highest BCUT2D eigenvalue weighted by molar-refractivity contribution is 6.06. The summed E-state index contributed by atoms with van der Waals surface area (Å²) in [4.78, 5) is 13.5. The molecule has 0 aliphatic heterocycles. The smallest absolute Gasteiger partial charge is 0.274 e. The first-order valence-electron chi connectivity index (χ1n) is 10.5. The van der Waals surface area contributed by atoms with E-state index < -0.39 is 0 Å². The van der Waals surface area contributed by atoms with Gasteiger partial charge in [0.05, 0.1) is 11.4 Å². The molecular formula is C28H21N3O. The topological polar surface area (TPSA) is 46.9 Å².